The Morgan fingerprint density at radius 1 is 0.348 bits per heavy atom. The fourth-order valence-electron chi connectivity index (χ4n) is 11.2. The van der Waals surface area contributed by atoms with Crippen LogP contribution in [-0.2, 0) is 33.3 Å². The first kappa shape index (κ1) is 85.7. The summed E-state index contributed by atoms with van der Waals surface area (Å²) in [5.74, 6) is -2.01. The summed E-state index contributed by atoms with van der Waals surface area (Å²) in [5.41, 5.74) is 0. The Bertz CT molecular complexity index is 1690. The van der Waals surface area contributed by atoms with Gasteiger partial charge in [-0.3, -0.25) is 9.59 Å². The summed E-state index contributed by atoms with van der Waals surface area (Å²) < 4.78 is 23.0. The highest BCUT2D eigenvalue weighted by Crippen LogP contribution is 2.19. The molecule has 0 aliphatic rings. The molecule has 0 bridgehead atoms. The van der Waals surface area contributed by atoms with Crippen LogP contribution in [0.25, 0.3) is 0 Å². The monoisotopic (exact) mass is 1250 g/mol. The van der Waals surface area contributed by atoms with E-state index in [9.17, 15) is 19.5 Å². The van der Waals surface area contributed by atoms with E-state index in [2.05, 4.69) is 86.8 Å². The van der Waals surface area contributed by atoms with Crippen molar-refractivity contribution in [1.82, 2.24) is 0 Å². The maximum Gasteiger partial charge on any atom is 0.361 e. The van der Waals surface area contributed by atoms with E-state index < -0.39 is 24.3 Å². The summed E-state index contributed by atoms with van der Waals surface area (Å²) in [7, 11) is 5.98. The van der Waals surface area contributed by atoms with Crippen molar-refractivity contribution in [3.63, 3.8) is 0 Å². The number of quaternary nitrogens is 1. The predicted molar refractivity (Wildman–Crippen MR) is 383 cm³/mol. The van der Waals surface area contributed by atoms with Crippen LogP contribution in [0.1, 0.15) is 361 Å². The van der Waals surface area contributed by atoms with Gasteiger partial charge in [0.25, 0.3) is 6.29 Å². The third kappa shape index (κ3) is 72.0. The summed E-state index contributed by atoms with van der Waals surface area (Å²) in [6.07, 6.45) is 92.0. The number of carbonyl (C=O) groups excluding carboxylic acids is 2. The number of hydrogen-bond donors (Lipinski definition) is 1. The summed E-state index contributed by atoms with van der Waals surface area (Å²) in [4.78, 5) is 37.6. The number of carboxylic acid groups (broad SMARTS) is 1. The van der Waals surface area contributed by atoms with Crippen LogP contribution in [0.4, 0.5) is 0 Å². The molecule has 0 amide bonds. The standard InChI is InChI=1S/C80H145NO8/c1-6-8-10-12-14-16-18-20-22-24-26-28-30-32-33-34-35-36-37-38-39-40-41-42-43-44-45-47-48-50-52-54-56-58-60-62-64-66-68-70-77(82)87-74-76(75-88-80(79(84)85)86-73-72-81(3,4)5)89-78(83)71-69-67-65-63-61-59-57-55-53-51-49-46-31-29-27-25-23-21-19-17-15-13-11-9-7-2/h9,11,15,17,21,23,27,29,46,49,53,55,76,80H,6-8,10,12-14,16,18-20,22,24-26,28,30-45,47-48,50-52,54,56-75H2,1-5H3/p+1/b11-9-,17-15-,23-21-,29-27-,49-46-,55-53-. The van der Waals surface area contributed by atoms with Crippen molar-refractivity contribution in [2.24, 2.45) is 0 Å². The molecule has 2 atom stereocenters. The molecule has 0 saturated carbocycles. The minimum Gasteiger partial charge on any atom is -0.477 e. The van der Waals surface area contributed by atoms with Crippen molar-refractivity contribution in [2.45, 2.75) is 373 Å². The van der Waals surface area contributed by atoms with Crippen molar-refractivity contribution < 1.29 is 42.9 Å². The minimum absolute atomic E-state index is 0.183. The van der Waals surface area contributed by atoms with Gasteiger partial charge in [0.1, 0.15) is 13.2 Å². The Balaban J connectivity index is 3.99. The lowest BCUT2D eigenvalue weighted by Gasteiger charge is -2.25. The number of unbranched alkanes of at least 4 members (excludes halogenated alkanes) is 44. The number of nitrogens with zero attached hydrogens (tertiary/aromatic N) is 1. The second-order valence-electron chi connectivity index (χ2n) is 26.9. The van der Waals surface area contributed by atoms with Gasteiger partial charge in [-0.1, -0.05) is 356 Å². The number of carbonyl (C=O) groups is 3. The molecule has 9 nitrogen and oxygen atoms in total. The van der Waals surface area contributed by atoms with Crippen LogP contribution in [0.3, 0.4) is 0 Å². The van der Waals surface area contributed by atoms with Crippen molar-refractivity contribution >= 4 is 17.9 Å². The molecule has 0 spiro atoms. The number of ether oxygens (including phenoxy) is 4. The fourth-order valence-corrected chi connectivity index (χ4v) is 11.2. The normalized spacial score (nSPS) is 13.0. The number of esters is 2. The maximum absolute atomic E-state index is 12.9. The van der Waals surface area contributed by atoms with Crippen LogP contribution in [0.5, 0.6) is 0 Å². The fraction of sp³-hybridized carbons (Fsp3) is 0.812. The molecule has 0 radical (unpaired) electrons. The molecule has 89 heavy (non-hydrogen) atoms. The van der Waals surface area contributed by atoms with E-state index in [0.717, 1.165) is 96.3 Å². The molecule has 518 valence electrons. The molecule has 0 aliphatic heterocycles. The number of carboxylic acids is 1. The van der Waals surface area contributed by atoms with Crippen LogP contribution >= 0.6 is 0 Å². The molecule has 2 unspecified atom stereocenters. The Hall–Kier alpha value is -3.27. The average molecular weight is 1250 g/mol. The molecule has 1 N–H and O–H groups in total. The van der Waals surface area contributed by atoms with Crippen LogP contribution in [0.15, 0.2) is 72.9 Å². The summed E-state index contributed by atoms with van der Waals surface area (Å²) in [5, 5.41) is 9.75. The number of likely N-dealkylation sites (N-methyl/N-ethyl adjacent to an activating group) is 1. The van der Waals surface area contributed by atoms with E-state index in [1.807, 2.05) is 21.1 Å². The Labute approximate surface area is 551 Å². The molecule has 9 heteroatoms. The zero-order valence-electron chi connectivity index (χ0n) is 59.3. The number of hydrogen-bond acceptors (Lipinski definition) is 7. The minimum atomic E-state index is -1.52. The largest absolute Gasteiger partial charge is 0.477 e. The van der Waals surface area contributed by atoms with Gasteiger partial charge < -0.3 is 28.5 Å². The third-order valence-corrected chi connectivity index (χ3v) is 17.0. The molecule has 0 fully saturated rings. The molecule has 0 aromatic rings. The highest BCUT2D eigenvalue weighted by atomic mass is 16.7. The van der Waals surface area contributed by atoms with Crippen molar-refractivity contribution in [2.75, 3.05) is 47.5 Å². The van der Waals surface area contributed by atoms with E-state index in [4.69, 9.17) is 18.9 Å². The molecule has 0 aliphatic carbocycles. The molecule has 0 heterocycles. The van der Waals surface area contributed by atoms with Crippen molar-refractivity contribution in [3.05, 3.63) is 72.9 Å². The highest BCUT2D eigenvalue weighted by Gasteiger charge is 2.25. The van der Waals surface area contributed by atoms with Gasteiger partial charge in [-0.25, -0.2) is 4.79 Å². The van der Waals surface area contributed by atoms with Gasteiger partial charge in [0.15, 0.2) is 6.10 Å². The van der Waals surface area contributed by atoms with Gasteiger partial charge in [-0.2, -0.15) is 0 Å². The topological polar surface area (TPSA) is 108 Å². The van der Waals surface area contributed by atoms with E-state index in [-0.39, 0.29) is 32.2 Å². The van der Waals surface area contributed by atoms with Crippen LogP contribution in [0.2, 0.25) is 0 Å². The predicted octanol–water partition coefficient (Wildman–Crippen LogP) is 24.0. The third-order valence-electron chi connectivity index (χ3n) is 17.0. The smallest absolute Gasteiger partial charge is 0.361 e. The molecule has 0 rings (SSSR count). The van der Waals surface area contributed by atoms with Gasteiger partial charge >= 0.3 is 17.9 Å². The Morgan fingerprint density at radius 3 is 0.955 bits per heavy atom. The maximum atomic E-state index is 12.9. The van der Waals surface area contributed by atoms with Gasteiger partial charge in [-0.05, 0) is 64.2 Å². The van der Waals surface area contributed by atoms with E-state index in [1.165, 1.54) is 231 Å². The van der Waals surface area contributed by atoms with E-state index in [1.54, 1.807) is 0 Å². The second kappa shape index (κ2) is 70.6. The van der Waals surface area contributed by atoms with Crippen LogP contribution < -0.4 is 0 Å². The van der Waals surface area contributed by atoms with Crippen LogP contribution in [-0.4, -0.2) is 87.4 Å². The van der Waals surface area contributed by atoms with E-state index >= 15 is 0 Å². The quantitative estimate of drug-likeness (QED) is 0.0211. The second-order valence-corrected chi connectivity index (χ2v) is 26.9. The molecule has 0 saturated heterocycles. The average Bonchev–Trinajstić information content (AvgIpc) is 3.64. The molecule has 0 aromatic heterocycles. The highest BCUT2D eigenvalue weighted by molar-refractivity contribution is 5.71. The summed E-state index contributed by atoms with van der Waals surface area (Å²) in [6.45, 7) is 4.79. The number of rotatable bonds is 71. The first-order chi connectivity index (χ1) is 43.6. The van der Waals surface area contributed by atoms with Crippen molar-refractivity contribution in [1.29, 1.82) is 0 Å². The molecular weight excluding hydrogens is 1100 g/mol. The lowest BCUT2D eigenvalue weighted by atomic mass is 10.0. The lowest BCUT2D eigenvalue weighted by Crippen LogP contribution is -2.40. The zero-order valence-corrected chi connectivity index (χ0v) is 59.3. The Kier molecular flexibility index (Phi) is 68.0. The molecule has 0 aromatic carbocycles. The number of aliphatic carboxylic acids is 1. The van der Waals surface area contributed by atoms with Gasteiger partial charge in [0.2, 0.25) is 0 Å². The van der Waals surface area contributed by atoms with Gasteiger partial charge in [0, 0.05) is 12.8 Å². The number of allylic oxidation sites excluding steroid dienone is 12. The van der Waals surface area contributed by atoms with Gasteiger partial charge in [0.05, 0.1) is 34.4 Å². The SMILES string of the molecule is CC/C=C\C/C=C\C/C=C\C/C=C\C/C=C\C/C=C\CCCCCCCCC(=O)OC(COC(=O)CCCCCCCCCCCCCCCCCCCCCCCCCCCCCCCCCCCCCCCCC)COC(OCC[N+](C)(C)C)C(=O)O. The van der Waals surface area contributed by atoms with E-state index in [0.29, 0.717) is 23.9 Å². The first-order valence-electron chi connectivity index (χ1n) is 38.1. The van der Waals surface area contributed by atoms with Crippen LogP contribution in [0, 0.1) is 0 Å². The molecular formula is C80H146NO8+. The lowest BCUT2D eigenvalue weighted by molar-refractivity contribution is -0.870. The summed E-state index contributed by atoms with van der Waals surface area (Å²) in [6, 6.07) is 0. The zero-order chi connectivity index (χ0) is 64.7. The van der Waals surface area contributed by atoms with Gasteiger partial charge in [-0.15, -0.1) is 0 Å². The first-order valence-corrected chi connectivity index (χ1v) is 38.1. The Morgan fingerprint density at radius 2 is 0.640 bits per heavy atom. The van der Waals surface area contributed by atoms with Crippen molar-refractivity contribution in [3.8, 4) is 0 Å². The summed E-state index contributed by atoms with van der Waals surface area (Å²) >= 11 is 0.